The van der Waals surface area contributed by atoms with Gasteiger partial charge in [-0.2, -0.15) is 0 Å². The van der Waals surface area contributed by atoms with Crippen molar-refractivity contribution in [1.82, 2.24) is 4.98 Å². The largest absolute Gasteiger partial charge is 0.265 e. The van der Waals surface area contributed by atoms with Gasteiger partial charge in [0.1, 0.15) is 0 Å². The van der Waals surface area contributed by atoms with Crippen molar-refractivity contribution in [2.24, 2.45) is 0 Å². The second-order valence-electron chi connectivity index (χ2n) is 1.81. The maximum atomic E-state index is 5.06. The van der Waals surface area contributed by atoms with E-state index in [2.05, 4.69) is 4.98 Å². The van der Waals surface area contributed by atoms with Crippen LogP contribution in [0.15, 0.2) is 30.6 Å². The van der Waals surface area contributed by atoms with E-state index in [1.54, 1.807) is 12.4 Å². The molecule has 1 rings (SSSR count). The fourth-order valence-electron chi connectivity index (χ4n) is 0.313. The predicted molar refractivity (Wildman–Crippen MR) is 72.9 cm³/mol. The summed E-state index contributed by atoms with van der Waals surface area (Å²) in [5.74, 6) is 0. The molecule has 0 aromatic carbocycles. The van der Waals surface area contributed by atoms with Crippen LogP contribution in [-0.2, 0) is 0 Å². The van der Waals surface area contributed by atoms with Crippen molar-refractivity contribution < 1.29 is 0 Å². The van der Waals surface area contributed by atoms with Gasteiger partial charge in [-0.15, -0.1) is 0 Å². The molecule has 90 valence electrons. The van der Waals surface area contributed by atoms with E-state index in [0.717, 1.165) is 0 Å². The quantitative estimate of drug-likeness (QED) is 0.567. The number of alkyl halides is 3. The van der Waals surface area contributed by atoms with Crippen molar-refractivity contribution in [3.63, 3.8) is 0 Å². The highest BCUT2D eigenvalue weighted by Gasteiger charge is 2.07. The van der Waals surface area contributed by atoms with Crippen LogP contribution < -0.4 is 0 Å². The van der Waals surface area contributed by atoms with Crippen LogP contribution in [0.25, 0.3) is 0 Å². The Morgan fingerprint density at radius 1 is 0.800 bits per heavy atom. The van der Waals surface area contributed by atoms with Gasteiger partial charge in [0, 0.05) is 12.4 Å². The van der Waals surface area contributed by atoms with Crippen LogP contribution in [-0.4, -0.2) is 8.78 Å². The summed E-state index contributed by atoms with van der Waals surface area (Å²) in [6.07, 6.45) is 3.50. The minimum Gasteiger partial charge on any atom is -0.265 e. The molecule has 0 aliphatic heterocycles. The fourth-order valence-corrected chi connectivity index (χ4v) is 0.313. The van der Waals surface area contributed by atoms with Crippen LogP contribution in [0.3, 0.4) is 0 Å². The predicted octanol–water partition coefficient (Wildman–Crippen LogP) is 5.51. The van der Waals surface area contributed by atoms with Crippen molar-refractivity contribution >= 4 is 34.8 Å². The third kappa shape index (κ3) is 55.9. The van der Waals surface area contributed by atoms with Crippen molar-refractivity contribution in [3.05, 3.63) is 30.6 Å². The normalized spacial score (nSPS) is 8.00. The Bertz CT molecular complexity index is 140. The Morgan fingerprint density at radius 3 is 1.13 bits per heavy atom. The summed E-state index contributed by atoms with van der Waals surface area (Å²) in [5, 5.41) is 0. The van der Waals surface area contributed by atoms with E-state index < -0.39 is 3.79 Å². The summed E-state index contributed by atoms with van der Waals surface area (Å²) in [6, 6.07) is 5.72. The second-order valence-corrected chi connectivity index (χ2v) is 4.65. The average molecular weight is 273 g/mol. The lowest BCUT2D eigenvalue weighted by Gasteiger charge is -1.94. The highest BCUT2D eigenvalue weighted by molar-refractivity contribution is 6.67. The molecule has 1 aromatic rings. The molecule has 0 spiro atoms. The van der Waals surface area contributed by atoms with E-state index in [1.165, 1.54) is 6.92 Å². The van der Waals surface area contributed by atoms with Crippen LogP contribution >= 0.6 is 34.8 Å². The third-order valence-corrected chi connectivity index (χ3v) is 0.566. The van der Waals surface area contributed by atoms with Crippen LogP contribution in [0.4, 0.5) is 0 Å². The smallest absolute Gasteiger partial charge is 0.187 e. The van der Waals surface area contributed by atoms with Gasteiger partial charge < -0.3 is 0 Å². The van der Waals surface area contributed by atoms with Crippen LogP contribution in [0, 0.1) is 0 Å². The molecule has 0 saturated carbocycles. The molecular formula is C11H20Cl3N. The number of aromatic nitrogens is 1. The molecule has 0 atom stereocenters. The molecule has 1 heterocycles. The SMILES string of the molecule is CC.CC.CC(Cl)(Cl)Cl.c1ccncc1. The van der Waals surface area contributed by atoms with Crippen LogP contribution in [0.5, 0.6) is 0 Å². The molecule has 0 amide bonds. The summed E-state index contributed by atoms with van der Waals surface area (Å²) in [4.78, 5) is 3.78. The van der Waals surface area contributed by atoms with Gasteiger partial charge in [0.05, 0.1) is 0 Å². The lowest BCUT2D eigenvalue weighted by molar-refractivity contribution is 1.27. The lowest BCUT2D eigenvalue weighted by Crippen LogP contribution is -1.87. The Morgan fingerprint density at radius 2 is 1.07 bits per heavy atom. The number of hydrogen-bond donors (Lipinski definition) is 0. The molecule has 4 heteroatoms. The lowest BCUT2D eigenvalue weighted by atomic mass is 10.5. The van der Waals surface area contributed by atoms with Gasteiger partial charge in [-0.1, -0.05) is 68.6 Å². The number of pyridine rings is 1. The highest BCUT2D eigenvalue weighted by Crippen LogP contribution is 2.23. The number of rotatable bonds is 0. The molecule has 0 radical (unpaired) electrons. The molecule has 0 fully saturated rings. The minimum absolute atomic E-state index is 1.08. The van der Waals surface area contributed by atoms with Crippen LogP contribution in [0.2, 0.25) is 0 Å². The second kappa shape index (κ2) is 16.4. The van der Waals surface area contributed by atoms with E-state index in [4.69, 9.17) is 34.8 Å². The zero-order valence-electron chi connectivity index (χ0n) is 9.97. The van der Waals surface area contributed by atoms with Crippen molar-refractivity contribution in [2.75, 3.05) is 0 Å². The van der Waals surface area contributed by atoms with E-state index >= 15 is 0 Å². The molecule has 1 aromatic heterocycles. The van der Waals surface area contributed by atoms with E-state index in [1.807, 2.05) is 45.9 Å². The first-order valence-electron chi connectivity index (χ1n) is 4.92. The zero-order chi connectivity index (χ0) is 12.7. The standard InChI is InChI=1S/C5H5N.C2H3Cl3.2C2H6/c1-2-4-6-5-3-1;1-2(3,4)5;2*1-2/h1-5H;1H3;2*1-2H3. The Balaban J connectivity index is -0.000000146. The summed E-state index contributed by atoms with van der Waals surface area (Å²) >= 11 is 15.2. The molecule has 0 bridgehead atoms. The maximum Gasteiger partial charge on any atom is 0.187 e. The first-order valence-corrected chi connectivity index (χ1v) is 6.05. The molecule has 1 nitrogen and oxygen atoms in total. The minimum atomic E-state index is -1.08. The van der Waals surface area contributed by atoms with E-state index in [9.17, 15) is 0 Å². The van der Waals surface area contributed by atoms with E-state index in [-0.39, 0.29) is 0 Å². The highest BCUT2D eigenvalue weighted by atomic mass is 35.6. The summed E-state index contributed by atoms with van der Waals surface area (Å²) in [5.41, 5.74) is 0. The monoisotopic (exact) mass is 271 g/mol. The molecule has 0 aliphatic rings. The molecule has 15 heavy (non-hydrogen) atoms. The molecule has 0 aliphatic carbocycles. The summed E-state index contributed by atoms with van der Waals surface area (Å²) < 4.78 is -1.08. The summed E-state index contributed by atoms with van der Waals surface area (Å²) in [7, 11) is 0. The number of hydrogen-bond acceptors (Lipinski definition) is 1. The first kappa shape index (κ1) is 20.4. The van der Waals surface area contributed by atoms with Gasteiger partial charge in [-0.3, -0.25) is 4.98 Å². The Labute approximate surface area is 109 Å². The molecule has 0 saturated heterocycles. The van der Waals surface area contributed by atoms with Crippen molar-refractivity contribution in [1.29, 1.82) is 0 Å². The number of nitrogens with zero attached hydrogens (tertiary/aromatic N) is 1. The van der Waals surface area contributed by atoms with E-state index in [0.29, 0.717) is 0 Å². The maximum absolute atomic E-state index is 5.06. The van der Waals surface area contributed by atoms with Crippen LogP contribution in [0.1, 0.15) is 34.6 Å². The van der Waals surface area contributed by atoms with Gasteiger partial charge >= 0.3 is 0 Å². The van der Waals surface area contributed by atoms with Gasteiger partial charge in [0.2, 0.25) is 0 Å². The molecule has 0 unspecified atom stereocenters. The number of halogens is 3. The van der Waals surface area contributed by atoms with Gasteiger partial charge in [-0.25, -0.2) is 0 Å². The van der Waals surface area contributed by atoms with Gasteiger partial charge in [0.15, 0.2) is 3.79 Å². The fraction of sp³-hybridized carbons (Fsp3) is 0.545. The van der Waals surface area contributed by atoms with Gasteiger partial charge in [-0.05, 0) is 19.1 Å². The topological polar surface area (TPSA) is 12.9 Å². The van der Waals surface area contributed by atoms with Gasteiger partial charge in [0.25, 0.3) is 0 Å². The molecule has 0 N–H and O–H groups in total. The average Bonchev–Trinajstić information content (AvgIpc) is 2.24. The zero-order valence-corrected chi connectivity index (χ0v) is 12.2. The first-order chi connectivity index (χ1) is 7.00. The Hall–Kier alpha value is 0.0200. The van der Waals surface area contributed by atoms with Crippen molar-refractivity contribution in [2.45, 2.75) is 38.4 Å². The van der Waals surface area contributed by atoms with Crippen molar-refractivity contribution in [3.8, 4) is 0 Å². The summed E-state index contributed by atoms with van der Waals surface area (Å²) in [6.45, 7) is 9.48. The third-order valence-electron chi connectivity index (χ3n) is 0.566. The molecular weight excluding hydrogens is 252 g/mol. The Kier molecular flexibility index (Phi) is 22.4.